The van der Waals surface area contributed by atoms with Crippen LogP contribution >= 0.6 is 12.2 Å². The molecule has 2 aromatic rings. The fraction of sp³-hybridized carbons (Fsp3) is 0.0667. The smallest absolute Gasteiger partial charge is 0.252 e. The number of benzene rings is 2. The molecule has 0 bridgehead atoms. The molecule has 108 valence electrons. The van der Waals surface area contributed by atoms with Crippen LogP contribution in [0.5, 0.6) is 17.2 Å². The first kappa shape index (κ1) is 14.8. The summed E-state index contributed by atoms with van der Waals surface area (Å²) in [7, 11) is 1.54. The second-order valence-corrected chi connectivity index (χ2v) is 4.63. The van der Waals surface area contributed by atoms with Crippen molar-refractivity contribution in [2.24, 2.45) is 11.5 Å². The van der Waals surface area contributed by atoms with E-state index in [1.54, 1.807) is 42.5 Å². The Balaban J connectivity index is 2.48. The standard InChI is InChI=1S/C15H14N2O3S/c1-19-9-6-7-11(15(17)21)13(8-9)20-12-5-3-2-4-10(12)14(16)18/h2-8H,1H3,(H2,16,18)(H2,17,21). The van der Waals surface area contributed by atoms with Crippen molar-refractivity contribution in [1.82, 2.24) is 0 Å². The van der Waals surface area contributed by atoms with Crippen molar-refractivity contribution in [2.75, 3.05) is 7.11 Å². The van der Waals surface area contributed by atoms with E-state index in [9.17, 15) is 4.79 Å². The Bertz CT molecular complexity index is 701. The monoisotopic (exact) mass is 302 g/mol. The van der Waals surface area contributed by atoms with Gasteiger partial charge in [-0.1, -0.05) is 24.4 Å². The van der Waals surface area contributed by atoms with Crippen LogP contribution in [0.3, 0.4) is 0 Å². The fourth-order valence-electron chi connectivity index (χ4n) is 1.80. The van der Waals surface area contributed by atoms with E-state index in [0.29, 0.717) is 22.8 Å². The summed E-state index contributed by atoms with van der Waals surface area (Å²) in [6.07, 6.45) is 0. The van der Waals surface area contributed by atoms with Crippen molar-refractivity contribution in [2.45, 2.75) is 0 Å². The zero-order chi connectivity index (χ0) is 15.4. The van der Waals surface area contributed by atoms with Gasteiger partial charge in [0.05, 0.1) is 18.2 Å². The van der Waals surface area contributed by atoms with Crippen molar-refractivity contribution < 1.29 is 14.3 Å². The maximum absolute atomic E-state index is 11.4. The van der Waals surface area contributed by atoms with E-state index in [0.717, 1.165) is 0 Å². The molecule has 4 N–H and O–H groups in total. The van der Waals surface area contributed by atoms with Crippen molar-refractivity contribution in [1.29, 1.82) is 0 Å². The molecule has 0 fully saturated rings. The summed E-state index contributed by atoms with van der Waals surface area (Å²) < 4.78 is 10.9. The van der Waals surface area contributed by atoms with Crippen LogP contribution in [-0.2, 0) is 0 Å². The number of methoxy groups -OCH3 is 1. The second-order valence-electron chi connectivity index (χ2n) is 4.19. The van der Waals surface area contributed by atoms with Gasteiger partial charge in [0.15, 0.2) is 0 Å². The number of hydrogen-bond acceptors (Lipinski definition) is 4. The van der Waals surface area contributed by atoms with Gasteiger partial charge in [0, 0.05) is 6.07 Å². The van der Waals surface area contributed by atoms with Gasteiger partial charge in [0.1, 0.15) is 22.2 Å². The van der Waals surface area contributed by atoms with Gasteiger partial charge in [-0.25, -0.2) is 0 Å². The molecular weight excluding hydrogens is 288 g/mol. The van der Waals surface area contributed by atoms with E-state index in [1.807, 2.05) is 0 Å². The summed E-state index contributed by atoms with van der Waals surface area (Å²) >= 11 is 5.00. The Morgan fingerprint density at radius 3 is 2.38 bits per heavy atom. The van der Waals surface area contributed by atoms with Crippen molar-refractivity contribution in [3.05, 3.63) is 53.6 Å². The summed E-state index contributed by atoms with van der Waals surface area (Å²) in [4.78, 5) is 11.6. The molecule has 0 radical (unpaired) electrons. The van der Waals surface area contributed by atoms with Gasteiger partial charge in [-0.05, 0) is 24.3 Å². The summed E-state index contributed by atoms with van der Waals surface area (Å²) in [6.45, 7) is 0. The number of rotatable bonds is 5. The predicted molar refractivity (Wildman–Crippen MR) is 83.9 cm³/mol. The largest absolute Gasteiger partial charge is 0.497 e. The number of hydrogen-bond donors (Lipinski definition) is 2. The Morgan fingerprint density at radius 2 is 1.76 bits per heavy atom. The lowest BCUT2D eigenvalue weighted by molar-refractivity contribution is 0.0998. The van der Waals surface area contributed by atoms with Gasteiger partial charge < -0.3 is 20.9 Å². The molecule has 2 aromatic carbocycles. The molecule has 0 saturated heterocycles. The lowest BCUT2D eigenvalue weighted by atomic mass is 10.1. The molecule has 0 atom stereocenters. The highest BCUT2D eigenvalue weighted by molar-refractivity contribution is 7.80. The number of para-hydroxylation sites is 1. The first-order valence-corrected chi connectivity index (χ1v) is 6.48. The molecule has 2 rings (SSSR count). The van der Waals surface area contributed by atoms with Gasteiger partial charge in [-0.3, -0.25) is 4.79 Å². The normalized spacial score (nSPS) is 9.95. The van der Waals surface area contributed by atoms with Crippen LogP contribution in [0.4, 0.5) is 0 Å². The molecule has 0 spiro atoms. The quantitative estimate of drug-likeness (QED) is 0.827. The Hall–Kier alpha value is -2.60. The molecular formula is C15H14N2O3S. The summed E-state index contributed by atoms with van der Waals surface area (Å²) in [5.41, 5.74) is 11.8. The van der Waals surface area contributed by atoms with Crippen LogP contribution in [0.25, 0.3) is 0 Å². The SMILES string of the molecule is COc1ccc(C(N)=S)c(Oc2ccccc2C(N)=O)c1. The molecule has 0 unspecified atom stereocenters. The van der Waals surface area contributed by atoms with Gasteiger partial charge >= 0.3 is 0 Å². The third kappa shape index (κ3) is 3.29. The molecule has 0 aliphatic heterocycles. The number of carbonyl (C=O) groups is 1. The molecule has 5 nitrogen and oxygen atoms in total. The van der Waals surface area contributed by atoms with Crippen molar-refractivity contribution >= 4 is 23.1 Å². The zero-order valence-corrected chi connectivity index (χ0v) is 12.1. The number of nitrogens with two attached hydrogens (primary N) is 2. The van der Waals surface area contributed by atoms with E-state index in [2.05, 4.69) is 0 Å². The summed E-state index contributed by atoms with van der Waals surface area (Å²) in [5, 5.41) is 0. The van der Waals surface area contributed by atoms with Gasteiger partial charge in [-0.15, -0.1) is 0 Å². The summed E-state index contributed by atoms with van der Waals surface area (Å²) in [6, 6.07) is 11.7. The first-order valence-electron chi connectivity index (χ1n) is 6.07. The van der Waals surface area contributed by atoms with E-state index < -0.39 is 5.91 Å². The second kappa shape index (κ2) is 6.23. The maximum Gasteiger partial charge on any atom is 0.252 e. The van der Waals surface area contributed by atoms with Crippen LogP contribution < -0.4 is 20.9 Å². The van der Waals surface area contributed by atoms with E-state index in [1.165, 1.54) is 7.11 Å². The van der Waals surface area contributed by atoms with Crippen LogP contribution in [-0.4, -0.2) is 18.0 Å². The van der Waals surface area contributed by atoms with Crippen LogP contribution in [0.15, 0.2) is 42.5 Å². The minimum Gasteiger partial charge on any atom is -0.497 e. The average Bonchev–Trinajstić information content (AvgIpc) is 2.47. The number of thiocarbonyl (C=S) groups is 1. The Kier molecular flexibility index (Phi) is 4.39. The molecule has 1 amide bonds. The van der Waals surface area contributed by atoms with Crippen LogP contribution in [0.2, 0.25) is 0 Å². The first-order chi connectivity index (χ1) is 10.0. The van der Waals surface area contributed by atoms with Crippen molar-refractivity contribution in [3.8, 4) is 17.2 Å². The highest BCUT2D eigenvalue weighted by atomic mass is 32.1. The van der Waals surface area contributed by atoms with Crippen LogP contribution in [0, 0.1) is 0 Å². The maximum atomic E-state index is 11.4. The molecule has 0 heterocycles. The van der Waals surface area contributed by atoms with Crippen LogP contribution in [0.1, 0.15) is 15.9 Å². The lowest BCUT2D eigenvalue weighted by Gasteiger charge is -2.13. The Morgan fingerprint density at radius 1 is 1.05 bits per heavy atom. The predicted octanol–water partition coefficient (Wildman–Crippen LogP) is 2.22. The topological polar surface area (TPSA) is 87.6 Å². The van der Waals surface area contributed by atoms with Gasteiger partial charge in [0.2, 0.25) is 0 Å². The molecule has 0 aliphatic rings. The molecule has 21 heavy (non-hydrogen) atoms. The number of amides is 1. The average molecular weight is 302 g/mol. The van der Waals surface area contributed by atoms with Gasteiger partial charge in [-0.2, -0.15) is 0 Å². The third-order valence-corrected chi connectivity index (χ3v) is 3.05. The number of carbonyl (C=O) groups excluding carboxylic acids is 1. The zero-order valence-electron chi connectivity index (χ0n) is 11.3. The van der Waals surface area contributed by atoms with E-state index in [-0.39, 0.29) is 10.6 Å². The van der Waals surface area contributed by atoms with E-state index >= 15 is 0 Å². The Labute approximate surface area is 127 Å². The summed E-state index contributed by atoms with van der Waals surface area (Å²) in [5.74, 6) is 0.734. The third-order valence-electron chi connectivity index (χ3n) is 2.83. The molecule has 6 heteroatoms. The van der Waals surface area contributed by atoms with E-state index in [4.69, 9.17) is 33.2 Å². The highest BCUT2D eigenvalue weighted by Crippen LogP contribution is 2.31. The minimum atomic E-state index is -0.578. The van der Waals surface area contributed by atoms with Gasteiger partial charge in [0.25, 0.3) is 5.91 Å². The lowest BCUT2D eigenvalue weighted by Crippen LogP contribution is -2.13. The number of ether oxygens (including phenoxy) is 2. The van der Waals surface area contributed by atoms with Crippen molar-refractivity contribution in [3.63, 3.8) is 0 Å². The molecule has 0 aromatic heterocycles. The fourth-order valence-corrected chi connectivity index (χ4v) is 1.96. The molecule has 0 saturated carbocycles. The molecule has 0 aliphatic carbocycles. The minimum absolute atomic E-state index is 0.184. The highest BCUT2D eigenvalue weighted by Gasteiger charge is 2.13. The number of primary amides is 1.